The second-order valence-electron chi connectivity index (χ2n) is 3.33. The minimum absolute atomic E-state index is 1.14. The standard InChI is InChI=1S/C4H11P.2C2H8OSi/c1-2-3-4-5;2*1-4(2)3/h2-5H2,1H3;2*3-4H,1-2H3. The van der Waals surface area contributed by atoms with Gasteiger partial charge in [-0.2, -0.15) is 0 Å². The third-order valence-electron chi connectivity index (χ3n) is 0.558. The Kier molecular flexibility index (Phi) is 27.6. The van der Waals surface area contributed by atoms with Crippen molar-refractivity contribution >= 4 is 27.3 Å². The molecule has 0 amide bonds. The van der Waals surface area contributed by atoms with Gasteiger partial charge in [0.25, 0.3) is 0 Å². The van der Waals surface area contributed by atoms with Gasteiger partial charge in [-0.25, -0.2) is 0 Å². The van der Waals surface area contributed by atoms with Crippen LogP contribution in [0.3, 0.4) is 0 Å². The van der Waals surface area contributed by atoms with Crippen molar-refractivity contribution in [3.05, 3.63) is 0 Å². The van der Waals surface area contributed by atoms with E-state index in [0.717, 1.165) is 0 Å². The van der Waals surface area contributed by atoms with Gasteiger partial charge in [-0.3, -0.25) is 0 Å². The summed E-state index contributed by atoms with van der Waals surface area (Å²) >= 11 is 0. The Hall–Kier alpha value is 0.784. The van der Waals surface area contributed by atoms with Gasteiger partial charge >= 0.3 is 0 Å². The predicted octanol–water partition coefficient (Wildman–Crippen LogP) is 1.59. The third kappa shape index (κ3) is 192. The van der Waals surface area contributed by atoms with Crippen LogP contribution in [-0.2, 0) is 0 Å². The van der Waals surface area contributed by atoms with E-state index in [1.807, 2.05) is 26.2 Å². The molecule has 2 N–H and O–H groups in total. The van der Waals surface area contributed by atoms with Crippen LogP contribution in [-0.4, -0.2) is 33.8 Å². The highest BCUT2D eigenvalue weighted by Gasteiger charge is 1.75. The molecule has 0 aromatic rings. The molecule has 0 heterocycles. The number of hydrogen-bond acceptors (Lipinski definition) is 2. The van der Waals surface area contributed by atoms with Gasteiger partial charge in [-0.1, -0.05) is 19.8 Å². The van der Waals surface area contributed by atoms with Crippen molar-refractivity contribution in [2.75, 3.05) is 6.16 Å². The van der Waals surface area contributed by atoms with Crippen molar-refractivity contribution in [1.29, 1.82) is 0 Å². The average molecular weight is 242 g/mol. The molecule has 2 nitrogen and oxygen atoms in total. The quantitative estimate of drug-likeness (QED) is 0.570. The summed E-state index contributed by atoms with van der Waals surface area (Å²) in [6.07, 6.45) is 3.94. The lowest BCUT2D eigenvalue weighted by molar-refractivity contribution is 0.586. The molecule has 0 saturated heterocycles. The lowest BCUT2D eigenvalue weighted by Crippen LogP contribution is -1.93. The number of unbranched alkanes of at least 4 members (excludes halogenated alkanes) is 1. The van der Waals surface area contributed by atoms with E-state index >= 15 is 0 Å². The van der Waals surface area contributed by atoms with Gasteiger partial charge < -0.3 is 9.59 Å². The highest BCUT2D eigenvalue weighted by molar-refractivity contribution is 7.16. The molecule has 5 heteroatoms. The van der Waals surface area contributed by atoms with E-state index in [0.29, 0.717) is 0 Å². The van der Waals surface area contributed by atoms with Crippen LogP contribution in [0.2, 0.25) is 26.2 Å². The lowest BCUT2D eigenvalue weighted by atomic mass is 10.4. The van der Waals surface area contributed by atoms with Gasteiger partial charge in [0.15, 0.2) is 18.1 Å². The summed E-state index contributed by atoms with van der Waals surface area (Å²) in [5, 5.41) is 0. The minimum atomic E-state index is -1.14. The van der Waals surface area contributed by atoms with Gasteiger partial charge in [-0.15, -0.1) is 9.24 Å². The molecule has 0 aliphatic rings. The van der Waals surface area contributed by atoms with Crippen molar-refractivity contribution in [3.8, 4) is 0 Å². The van der Waals surface area contributed by atoms with Crippen molar-refractivity contribution < 1.29 is 9.59 Å². The summed E-state index contributed by atoms with van der Waals surface area (Å²) in [7, 11) is 0.422. The molecule has 0 fully saturated rings. The molecule has 0 aromatic heterocycles. The van der Waals surface area contributed by atoms with Crippen molar-refractivity contribution in [3.63, 3.8) is 0 Å². The second-order valence-corrected chi connectivity index (χ2v) is 8.28. The van der Waals surface area contributed by atoms with Crippen LogP contribution < -0.4 is 0 Å². The summed E-state index contributed by atoms with van der Waals surface area (Å²) in [4.78, 5) is 16.4. The van der Waals surface area contributed by atoms with Gasteiger partial charge in [0.2, 0.25) is 0 Å². The van der Waals surface area contributed by atoms with Gasteiger partial charge in [0.05, 0.1) is 0 Å². The Morgan fingerprint density at radius 1 is 1.00 bits per heavy atom. The van der Waals surface area contributed by atoms with Crippen LogP contribution >= 0.6 is 9.24 Å². The molecular weight excluding hydrogens is 215 g/mol. The van der Waals surface area contributed by atoms with Crippen LogP contribution in [0.25, 0.3) is 0 Å². The average Bonchev–Trinajstić information content (AvgIpc) is 1.86. The maximum Gasteiger partial charge on any atom is 0.166 e. The monoisotopic (exact) mass is 242 g/mol. The molecular formula is C8H27O2PSi2. The highest BCUT2D eigenvalue weighted by Crippen LogP contribution is 1.89. The van der Waals surface area contributed by atoms with E-state index in [1.165, 1.54) is 19.0 Å². The zero-order chi connectivity index (χ0) is 11.3. The fourth-order valence-electron chi connectivity index (χ4n) is 0.204. The first kappa shape index (κ1) is 19.4. The van der Waals surface area contributed by atoms with Crippen molar-refractivity contribution in [2.24, 2.45) is 0 Å². The molecule has 1 atom stereocenters. The van der Waals surface area contributed by atoms with Crippen LogP contribution in [0.4, 0.5) is 0 Å². The number of hydrogen-bond donors (Lipinski definition) is 2. The molecule has 1 unspecified atom stereocenters. The summed E-state index contributed by atoms with van der Waals surface area (Å²) in [6, 6.07) is 0. The van der Waals surface area contributed by atoms with Gasteiger partial charge in [0, 0.05) is 0 Å². The van der Waals surface area contributed by atoms with E-state index in [1.54, 1.807) is 0 Å². The fourth-order valence-corrected chi connectivity index (χ4v) is 0.612. The lowest BCUT2D eigenvalue weighted by Gasteiger charge is -1.79. The Morgan fingerprint density at radius 2 is 1.23 bits per heavy atom. The van der Waals surface area contributed by atoms with Crippen molar-refractivity contribution in [1.82, 2.24) is 0 Å². The molecule has 0 spiro atoms. The molecule has 0 aliphatic carbocycles. The van der Waals surface area contributed by atoms with E-state index in [4.69, 9.17) is 9.59 Å². The normalized spacial score (nSPS) is 8.77. The molecule has 0 aliphatic heterocycles. The van der Waals surface area contributed by atoms with E-state index < -0.39 is 18.1 Å². The molecule has 0 rings (SSSR count). The summed E-state index contributed by atoms with van der Waals surface area (Å²) in [6.45, 7) is 9.64. The Bertz CT molecular complexity index is 59.7. The first-order chi connectivity index (χ1) is 5.88. The van der Waals surface area contributed by atoms with Crippen LogP contribution in [0, 0.1) is 0 Å². The highest BCUT2D eigenvalue weighted by atomic mass is 31.0. The summed E-state index contributed by atoms with van der Waals surface area (Å²) in [5.74, 6) is 0. The Labute approximate surface area is 89.4 Å². The minimum Gasteiger partial charge on any atom is -0.435 e. The number of rotatable bonds is 2. The second kappa shape index (κ2) is 18.5. The molecule has 84 valence electrons. The van der Waals surface area contributed by atoms with Crippen molar-refractivity contribution in [2.45, 2.75) is 46.0 Å². The molecule has 13 heavy (non-hydrogen) atoms. The predicted molar refractivity (Wildman–Crippen MR) is 71.7 cm³/mol. The van der Waals surface area contributed by atoms with Gasteiger partial charge in [0.1, 0.15) is 0 Å². The maximum absolute atomic E-state index is 8.19. The zero-order valence-electron chi connectivity index (χ0n) is 9.75. The largest absolute Gasteiger partial charge is 0.435 e. The fraction of sp³-hybridized carbons (Fsp3) is 1.00. The summed E-state index contributed by atoms with van der Waals surface area (Å²) < 4.78 is 0. The van der Waals surface area contributed by atoms with Crippen LogP contribution in [0.5, 0.6) is 0 Å². The Balaban J connectivity index is -0.000000117. The molecule has 0 saturated carbocycles. The van der Waals surface area contributed by atoms with Crippen LogP contribution in [0.15, 0.2) is 0 Å². The SMILES string of the molecule is CCCCP.C[SiH](C)O.C[SiH](C)O. The van der Waals surface area contributed by atoms with E-state index in [9.17, 15) is 0 Å². The summed E-state index contributed by atoms with van der Waals surface area (Å²) in [5.41, 5.74) is 0. The van der Waals surface area contributed by atoms with Crippen LogP contribution in [0.1, 0.15) is 19.8 Å². The molecule has 0 aromatic carbocycles. The van der Waals surface area contributed by atoms with E-state index in [-0.39, 0.29) is 0 Å². The molecule has 0 radical (unpaired) electrons. The maximum atomic E-state index is 8.19. The first-order valence-corrected chi connectivity index (χ1v) is 11.4. The van der Waals surface area contributed by atoms with E-state index in [2.05, 4.69) is 16.2 Å². The zero-order valence-corrected chi connectivity index (χ0v) is 13.2. The smallest absolute Gasteiger partial charge is 0.166 e. The third-order valence-corrected chi connectivity index (χ3v) is 0.966. The molecule has 0 bridgehead atoms. The van der Waals surface area contributed by atoms with Gasteiger partial charge in [-0.05, 0) is 32.3 Å². The Morgan fingerprint density at radius 3 is 1.23 bits per heavy atom. The first-order valence-electron chi connectivity index (χ1n) is 4.94. The topological polar surface area (TPSA) is 40.5 Å².